The number of hydrogen-bond donors (Lipinski definition) is 0. The third-order valence-electron chi connectivity index (χ3n) is 8.38. The zero-order chi connectivity index (χ0) is 27.6. The molecule has 0 aliphatic rings. The first-order chi connectivity index (χ1) is 20.9. The Bertz CT molecular complexity index is 2450. The van der Waals surface area contributed by atoms with Crippen LogP contribution in [0.3, 0.4) is 0 Å². The number of hydrogen-bond acceptors (Lipinski definition) is 2. The maximum Gasteiger partial charge on any atom is 0.138 e. The van der Waals surface area contributed by atoms with Gasteiger partial charge >= 0.3 is 0 Å². The van der Waals surface area contributed by atoms with E-state index in [4.69, 9.17) is 4.98 Å². The van der Waals surface area contributed by atoms with Crippen molar-refractivity contribution in [2.45, 2.75) is 0 Å². The summed E-state index contributed by atoms with van der Waals surface area (Å²) in [7, 11) is 0. The molecule has 9 rings (SSSR count). The van der Waals surface area contributed by atoms with E-state index in [-0.39, 0.29) is 0 Å². The Balaban J connectivity index is 1.51. The monoisotopic (exact) mass is 536 g/mol. The SMILES string of the molecule is c1ccc(-n2c3ccccc3c3ccc4ccc5c6ccccc6n(-c6cccc(-c7cccnc7)n6)c5c4c32)cc1. The van der Waals surface area contributed by atoms with Crippen LogP contribution in [0.1, 0.15) is 0 Å². The fourth-order valence-corrected chi connectivity index (χ4v) is 6.62. The highest BCUT2D eigenvalue weighted by molar-refractivity contribution is 6.28. The van der Waals surface area contributed by atoms with Gasteiger partial charge in [-0.2, -0.15) is 0 Å². The molecule has 0 atom stereocenters. The highest BCUT2D eigenvalue weighted by Crippen LogP contribution is 2.42. The van der Waals surface area contributed by atoms with Crippen molar-refractivity contribution in [3.8, 4) is 22.8 Å². The average Bonchev–Trinajstić information content (AvgIpc) is 3.59. The number of fused-ring (bicyclic) bond motifs is 9. The van der Waals surface area contributed by atoms with Crippen LogP contribution >= 0.6 is 0 Å². The van der Waals surface area contributed by atoms with Crippen molar-refractivity contribution in [3.05, 3.63) is 146 Å². The van der Waals surface area contributed by atoms with E-state index in [9.17, 15) is 0 Å². The minimum absolute atomic E-state index is 0.884. The van der Waals surface area contributed by atoms with Gasteiger partial charge in [-0.1, -0.05) is 84.9 Å². The number of para-hydroxylation sites is 3. The third-order valence-corrected chi connectivity index (χ3v) is 8.38. The van der Waals surface area contributed by atoms with Gasteiger partial charge in [-0.25, -0.2) is 4.98 Å². The zero-order valence-electron chi connectivity index (χ0n) is 22.6. The van der Waals surface area contributed by atoms with Gasteiger partial charge < -0.3 is 4.57 Å². The molecule has 4 nitrogen and oxygen atoms in total. The number of aromatic nitrogens is 4. The minimum Gasteiger partial charge on any atom is -0.309 e. The first kappa shape index (κ1) is 23.0. The largest absolute Gasteiger partial charge is 0.309 e. The van der Waals surface area contributed by atoms with Crippen molar-refractivity contribution in [1.29, 1.82) is 0 Å². The van der Waals surface area contributed by atoms with E-state index in [0.717, 1.165) is 33.8 Å². The van der Waals surface area contributed by atoms with Gasteiger partial charge in [0.15, 0.2) is 0 Å². The van der Waals surface area contributed by atoms with Crippen LogP contribution in [0.2, 0.25) is 0 Å². The fourth-order valence-electron chi connectivity index (χ4n) is 6.62. The van der Waals surface area contributed by atoms with E-state index in [0.29, 0.717) is 0 Å². The molecule has 0 unspecified atom stereocenters. The minimum atomic E-state index is 0.884. The molecule has 0 fully saturated rings. The Kier molecular flexibility index (Phi) is 4.87. The third kappa shape index (κ3) is 3.23. The van der Waals surface area contributed by atoms with Crippen LogP contribution in [0.5, 0.6) is 0 Å². The van der Waals surface area contributed by atoms with Gasteiger partial charge in [-0.15, -0.1) is 0 Å². The van der Waals surface area contributed by atoms with E-state index < -0.39 is 0 Å². The maximum atomic E-state index is 5.21. The molecular weight excluding hydrogens is 512 g/mol. The van der Waals surface area contributed by atoms with E-state index in [1.807, 2.05) is 12.3 Å². The van der Waals surface area contributed by atoms with Gasteiger partial charge in [0.25, 0.3) is 0 Å². The smallest absolute Gasteiger partial charge is 0.138 e. The molecule has 0 aliphatic carbocycles. The second kappa shape index (κ2) is 8.88. The van der Waals surface area contributed by atoms with Crippen LogP contribution in [0.15, 0.2) is 146 Å². The van der Waals surface area contributed by atoms with Gasteiger partial charge in [-0.05, 0) is 53.9 Å². The Morgan fingerprint density at radius 3 is 1.86 bits per heavy atom. The molecule has 5 aromatic carbocycles. The fraction of sp³-hybridized carbons (Fsp3) is 0. The Hall–Kier alpha value is -5.74. The molecule has 0 radical (unpaired) electrons. The predicted molar refractivity (Wildman–Crippen MR) is 174 cm³/mol. The van der Waals surface area contributed by atoms with Crippen molar-refractivity contribution < 1.29 is 0 Å². The number of pyridine rings is 2. The summed E-state index contributed by atoms with van der Waals surface area (Å²) in [6, 6.07) is 47.4. The molecular formula is C38H24N4. The molecule has 4 heterocycles. The highest BCUT2D eigenvalue weighted by Gasteiger charge is 2.21. The average molecular weight is 537 g/mol. The predicted octanol–water partition coefficient (Wildman–Crippen LogP) is 9.49. The second-order valence-corrected chi connectivity index (χ2v) is 10.7. The first-order valence-electron chi connectivity index (χ1n) is 14.2. The normalized spacial score (nSPS) is 11.8. The molecule has 0 bridgehead atoms. The first-order valence-corrected chi connectivity index (χ1v) is 14.2. The summed E-state index contributed by atoms with van der Waals surface area (Å²) in [5.41, 5.74) is 7.74. The molecule has 0 saturated heterocycles. The van der Waals surface area contributed by atoms with Crippen LogP contribution in [-0.4, -0.2) is 19.1 Å². The lowest BCUT2D eigenvalue weighted by Gasteiger charge is -2.13. The summed E-state index contributed by atoms with van der Waals surface area (Å²) in [6.45, 7) is 0. The standard InChI is InChI=1S/C38H24N4/c1-2-11-27(12-3-1)41-33-16-6-4-13-28(33)30-21-19-25-20-22-31-29-14-5-7-17-34(29)42(38(31)36(25)37(30)41)35-18-8-15-32(40-35)26-10-9-23-39-24-26/h1-24H. The molecule has 196 valence electrons. The Labute approximate surface area is 241 Å². The quantitative estimate of drug-likeness (QED) is 0.225. The summed E-state index contributed by atoms with van der Waals surface area (Å²) in [6.07, 6.45) is 3.67. The van der Waals surface area contributed by atoms with Crippen molar-refractivity contribution in [2.75, 3.05) is 0 Å². The molecule has 42 heavy (non-hydrogen) atoms. The maximum absolute atomic E-state index is 5.21. The van der Waals surface area contributed by atoms with E-state index in [1.54, 1.807) is 6.20 Å². The second-order valence-electron chi connectivity index (χ2n) is 10.7. The summed E-state index contributed by atoms with van der Waals surface area (Å²) in [5, 5.41) is 7.32. The van der Waals surface area contributed by atoms with E-state index >= 15 is 0 Å². The van der Waals surface area contributed by atoms with Crippen LogP contribution in [-0.2, 0) is 0 Å². The highest BCUT2D eigenvalue weighted by atomic mass is 15.1. The topological polar surface area (TPSA) is 35.6 Å². The molecule has 0 N–H and O–H groups in total. The Morgan fingerprint density at radius 2 is 1.14 bits per heavy atom. The Morgan fingerprint density at radius 1 is 0.476 bits per heavy atom. The molecule has 4 aromatic heterocycles. The van der Waals surface area contributed by atoms with Crippen LogP contribution in [0, 0.1) is 0 Å². The number of nitrogens with zero attached hydrogens (tertiary/aromatic N) is 4. The van der Waals surface area contributed by atoms with Crippen molar-refractivity contribution in [1.82, 2.24) is 19.1 Å². The van der Waals surface area contributed by atoms with Gasteiger partial charge in [0.1, 0.15) is 5.82 Å². The van der Waals surface area contributed by atoms with Gasteiger partial charge in [-0.3, -0.25) is 9.55 Å². The molecule has 9 aromatic rings. The zero-order valence-corrected chi connectivity index (χ0v) is 22.6. The molecule has 4 heteroatoms. The van der Waals surface area contributed by atoms with Crippen LogP contribution in [0.4, 0.5) is 0 Å². The lowest BCUT2D eigenvalue weighted by atomic mass is 10.0. The van der Waals surface area contributed by atoms with Gasteiger partial charge in [0.2, 0.25) is 0 Å². The van der Waals surface area contributed by atoms with E-state index in [1.165, 1.54) is 43.4 Å². The van der Waals surface area contributed by atoms with Crippen molar-refractivity contribution >= 4 is 54.4 Å². The molecule has 0 saturated carbocycles. The van der Waals surface area contributed by atoms with Crippen molar-refractivity contribution in [2.24, 2.45) is 0 Å². The van der Waals surface area contributed by atoms with Crippen LogP contribution < -0.4 is 0 Å². The molecule has 0 aliphatic heterocycles. The lowest BCUT2D eigenvalue weighted by molar-refractivity contribution is 1.08. The number of rotatable bonds is 3. The molecule has 0 amide bonds. The summed E-state index contributed by atoms with van der Waals surface area (Å²) in [5.74, 6) is 0.884. The summed E-state index contributed by atoms with van der Waals surface area (Å²) in [4.78, 5) is 9.55. The lowest BCUT2D eigenvalue weighted by Crippen LogP contribution is -2.00. The number of benzene rings is 5. The van der Waals surface area contributed by atoms with Gasteiger partial charge in [0, 0.05) is 50.6 Å². The van der Waals surface area contributed by atoms with E-state index in [2.05, 4.69) is 142 Å². The summed E-state index contributed by atoms with van der Waals surface area (Å²) >= 11 is 0. The summed E-state index contributed by atoms with van der Waals surface area (Å²) < 4.78 is 4.77. The van der Waals surface area contributed by atoms with Gasteiger partial charge in [0.05, 0.1) is 27.8 Å². The van der Waals surface area contributed by atoms with Crippen LogP contribution in [0.25, 0.3) is 77.1 Å². The molecule has 0 spiro atoms. The van der Waals surface area contributed by atoms with Crippen molar-refractivity contribution in [3.63, 3.8) is 0 Å².